The van der Waals surface area contributed by atoms with Crippen LogP contribution < -0.4 is 5.32 Å². The minimum absolute atomic E-state index is 0.101. The van der Waals surface area contributed by atoms with Gasteiger partial charge in [0.05, 0.1) is 0 Å². The Kier molecular flexibility index (Phi) is 4.57. The second kappa shape index (κ2) is 5.72. The molecule has 0 amide bonds. The van der Waals surface area contributed by atoms with E-state index in [9.17, 15) is 8.78 Å². The van der Waals surface area contributed by atoms with Crippen LogP contribution in [-0.2, 0) is 0 Å². The van der Waals surface area contributed by atoms with Crippen LogP contribution in [0.1, 0.15) is 13.3 Å². The number of hydrogen-bond acceptors (Lipinski definition) is 1. The second-order valence-electron chi connectivity index (χ2n) is 2.85. The van der Waals surface area contributed by atoms with E-state index in [-0.39, 0.29) is 5.69 Å². The molecule has 80 valence electrons. The van der Waals surface area contributed by atoms with Crippen LogP contribution in [0, 0.1) is 23.5 Å². The molecule has 1 aromatic rings. The van der Waals surface area contributed by atoms with Crippen LogP contribution in [0.5, 0.6) is 0 Å². The Balaban J connectivity index is 2.71. The Morgan fingerprint density at radius 2 is 1.93 bits per heavy atom. The molecule has 1 nitrogen and oxygen atoms in total. The molecule has 15 heavy (non-hydrogen) atoms. The Bertz CT molecular complexity index is 384. The normalized spacial score (nSPS) is 9.33. The lowest BCUT2D eigenvalue weighted by molar-refractivity contribution is 0.587. The van der Waals surface area contributed by atoms with Crippen molar-refractivity contribution in [2.45, 2.75) is 13.3 Å². The lowest BCUT2D eigenvalue weighted by Crippen LogP contribution is -2.04. The van der Waals surface area contributed by atoms with E-state index in [2.05, 4.69) is 33.1 Å². The fourth-order valence-electron chi connectivity index (χ4n) is 1.09. The molecule has 0 aliphatic carbocycles. The van der Waals surface area contributed by atoms with Crippen molar-refractivity contribution >= 4 is 21.6 Å². The zero-order valence-electron chi connectivity index (χ0n) is 8.20. The molecule has 0 bridgehead atoms. The van der Waals surface area contributed by atoms with Gasteiger partial charge in [-0.3, -0.25) is 0 Å². The smallest absolute Gasteiger partial charge is 0.150 e. The quantitative estimate of drug-likeness (QED) is 0.656. The van der Waals surface area contributed by atoms with Gasteiger partial charge in [-0.15, -0.1) is 11.8 Å². The summed E-state index contributed by atoms with van der Waals surface area (Å²) in [4.78, 5) is 0. The topological polar surface area (TPSA) is 12.0 Å². The maximum Gasteiger partial charge on any atom is 0.150 e. The van der Waals surface area contributed by atoms with Crippen molar-refractivity contribution in [1.29, 1.82) is 0 Å². The van der Waals surface area contributed by atoms with Gasteiger partial charge in [0.15, 0.2) is 0 Å². The van der Waals surface area contributed by atoms with Crippen LogP contribution in [-0.4, -0.2) is 6.54 Å². The first-order valence-electron chi connectivity index (χ1n) is 4.43. The van der Waals surface area contributed by atoms with Crippen molar-refractivity contribution < 1.29 is 8.78 Å². The predicted octanol–water partition coefficient (Wildman–Crippen LogP) is 3.55. The summed E-state index contributed by atoms with van der Waals surface area (Å²) >= 11 is 3.01. The van der Waals surface area contributed by atoms with E-state index in [1.54, 1.807) is 6.92 Å². The number of halogens is 3. The van der Waals surface area contributed by atoms with E-state index in [0.717, 1.165) is 0 Å². The molecule has 0 unspecified atom stereocenters. The van der Waals surface area contributed by atoms with Crippen LogP contribution in [0.4, 0.5) is 14.5 Å². The van der Waals surface area contributed by atoms with E-state index in [1.807, 2.05) is 0 Å². The van der Waals surface area contributed by atoms with Gasteiger partial charge in [0.25, 0.3) is 0 Å². The first kappa shape index (κ1) is 12.0. The number of benzene rings is 1. The van der Waals surface area contributed by atoms with Gasteiger partial charge < -0.3 is 5.32 Å². The van der Waals surface area contributed by atoms with E-state index in [4.69, 9.17) is 0 Å². The van der Waals surface area contributed by atoms with E-state index in [0.29, 0.717) is 17.4 Å². The highest BCUT2D eigenvalue weighted by Gasteiger charge is 2.08. The molecule has 0 fully saturated rings. The van der Waals surface area contributed by atoms with Crippen molar-refractivity contribution in [1.82, 2.24) is 0 Å². The SMILES string of the molecule is CC#CCCNc1c(F)cc(Br)cc1F. The maximum atomic E-state index is 13.3. The van der Waals surface area contributed by atoms with Gasteiger partial charge in [-0.05, 0) is 19.1 Å². The highest BCUT2D eigenvalue weighted by atomic mass is 79.9. The molecule has 1 N–H and O–H groups in total. The van der Waals surface area contributed by atoms with Gasteiger partial charge in [-0.1, -0.05) is 15.9 Å². The summed E-state index contributed by atoms with van der Waals surface area (Å²) in [5.41, 5.74) is -0.101. The van der Waals surface area contributed by atoms with Crippen molar-refractivity contribution in [3.05, 3.63) is 28.2 Å². The average Bonchev–Trinajstić information content (AvgIpc) is 2.15. The number of nitrogens with one attached hydrogen (secondary N) is 1. The summed E-state index contributed by atoms with van der Waals surface area (Å²) in [6, 6.07) is 2.44. The summed E-state index contributed by atoms with van der Waals surface area (Å²) in [7, 11) is 0. The molecule has 0 aromatic heterocycles. The van der Waals surface area contributed by atoms with Crippen LogP contribution in [0.25, 0.3) is 0 Å². The fourth-order valence-corrected chi connectivity index (χ4v) is 1.49. The summed E-state index contributed by atoms with van der Waals surface area (Å²) in [5, 5.41) is 2.67. The summed E-state index contributed by atoms with van der Waals surface area (Å²) in [6.45, 7) is 2.15. The van der Waals surface area contributed by atoms with Crippen molar-refractivity contribution in [2.24, 2.45) is 0 Å². The van der Waals surface area contributed by atoms with Gasteiger partial charge in [-0.25, -0.2) is 8.78 Å². The third-order valence-corrected chi connectivity index (χ3v) is 2.19. The zero-order chi connectivity index (χ0) is 11.3. The summed E-state index contributed by atoms with van der Waals surface area (Å²) in [5.74, 6) is 4.30. The van der Waals surface area contributed by atoms with E-state index < -0.39 is 11.6 Å². The zero-order valence-corrected chi connectivity index (χ0v) is 9.79. The van der Waals surface area contributed by atoms with Gasteiger partial charge >= 0.3 is 0 Å². The lowest BCUT2D eigenvalue weighted by Gasteiger charge is -2.07. The highest BCUT2D eigenvalue weighted by Crippen LogP contribution is 2.23. The molecule has 0 aliphatic rings. The minimum Gasteiger partial charge on any atom is -0.379 e. The number of rotatable bonds is 3. The van der Waals surface area contributed by atoms with Crippen LogP contribution >= 0.6 is 15.9 Å². The Hall–Kier alpha value is -1.08. The summed E-state index contributed by atoms with van der Waals surface area (Å²) < 4.78 is 26.9. The Labute approximate surface area is 96.0 Å². The van der Waals surface area contributed by atoms with Crippen molar-refractivity contribution in [2.75, 3.05) is 11.9 Å². The molecule has 1 aromatic carbocycles. The van der Waals surface area contributed by atoms with Gasteiger partial charge in [0.1, 0.15) is 17.3 Å². The molecule has 0 aliphatic heterocycles. The van der Waals surface area contributed by atoms with Crippen molar-refractivity contribution in [3.63, 3.8) is 0 Å². The average molecular weight is 274 g/mol. The largest absolute Gasteiger partial charge is 0.379 e. The molecule has 0 spiro atoms. The minimum atomic E-state index is -0.605. The maximum absolute atomic E-state index is 13.3. The van der Waals surface area contributed by atoms with Gasteiger partial charge in [0.2, 0.25) is 0 Å². The third-order valence-electron chi connectivity index (χ3n) is 1.74. The highest BCUT2D eigenvalue weighted by molar-refractivity contribution is 9.10. The number of anilines is 1. The molecule has 0 radical (unpaired) electrons. The first-order valence-corrected chi connectivity index (χ1v) is 5.22. The molecule has 0 saturated carbocycles. The molecular weight excluding hydrogens is 264 g/mol. The van der Waals surface area contributed by atoms with E-state index in [1.165, 1.54) is 12.1 Å². The molecule has 0 atom stereocenters. The van der Waals surface area contributed by atoms with Crippen LogP contribution in [0.2, 0.25) is 0 Å². The molecule has 4 heteroatoms. The fraction of sp³-hybridized carbons (Fsp3) is 0.273. The van der Waals surface area contributed by atoms with Gasteiger partial charge in [-0.2, -0.15) is 0 Å². The summed E-state index contributed by atoms with van der Waals surface area (Å²) in [6.07, 6.45) is 0.561. The molecule has 0 saturated heterocycles. The van der Waals surface area contributed by atoms with Crippen LogP contribution in [0.15, 0.2) is 16.6 Å². The van der Waals surface area contributed by atoms with Gasteiger partial charge in [0, 0.05) is 17.4 Å². The molecule has 1 rings (SSSR count). The number of hydrogen-bond donors (Lipinski definition) is 1. The third kappa shape index (κ3) is 3.52. The lowest BCUT2D eigenvalue weighted by atomic mass is 10.3. The standard InChI is InChI=1S/C11H10BrF2N/c1-2-3-4-5-15-11-9(13)6-8(12)7-10(11)14/h6-7,15H,4-5H2,1H3. The first-order chi connectivity index (χ1) is 7.15. The Morgan fingerprint density at radius 1 is 1.33 bits per heavy atom. The van der Waals surface area contributed by atoms with Crippen LogP contribution in [0.3, 0.4) is 0 Å². The molecule has 0 heterocycles. The second-order valence-corrected chi connectivity index (χ2v) is 3.76. The van der Waals surface area contributed by atoms with Crippen molar-refractivity contribution in [3.8, 4) is 11.8 Å². The predicted molar refractivity (Wildman–Crippen MR) is 60.6 cm³/mol. The molecular formula is C11H10BrF2N. The Morgan fingerprint density at radius 3 is 2.47 bits per heavy atom. The van der Waals surface area contributed by atoms with E-state index >= 15 is 0 Å². The monoisotopic (exact) mass is 273 g/mol.